The van der Waals surface area contributed by atoms with Gasteiger partial charge in [0.1, 0.15) is 5.82 Å². The Morgan fingerprint density at radius 3 is 3.05 bits per heavy atom. The zero-order chi connectivity index (χ0) is 13.3. The molecule has 1 aromatic rings. The third-order valence-electron chi connectivity index (χ3n) is 4.46. The van der Waals surface area contributed by atoms with Crippen LogP contribution in [0.25, 0.3) is 0 Å². The lowest BCUT2D eigenvalue weighted by Crippen LogP contribution is -2.47. The van der Waals surface area contributed by atoms with Crippen molar-refractivity contribution in [2.24, 2.45) is 11.3 Å². The van der Waals surface area contributed by atoms with Crippen LogP contribution in [0, 0.1) is 11.3 Å². The number of aromatic amines is 2. The number of rotatable bonds is 3. The predicted octanol–water partition coefficient (Wildman–Crippen LogP) is -0.0842. The number of carbonyl (C=O) groups is 1. The first-order valence-corrected chi connectivity index (χ1v) is 6.83. The third-order valence-corrected chi connectivity index (χ3v) is 4.46. The van der Waals surface area contributed by atoms with E-state index in [9.17, 15) is 9.59 Å². The van der Waals surface area contributed by atoms with Crippen LogP contribution >= 0.6 is 12.4 Å². The smallest absolute Gasteiger partial charge is 0.340 e. The number of nitrogens with zero attached hydrogens (tertiary/aromatic N) is 1. The van der Waals surface area contributed by atoms with Gasteiger partial charge in [-0.1, -0.05) is 12.8 Å². The van der Waals surface area contributed by atoms with E-state index in [1.165, 1.54) is 6.42 Å². The number of amides is 1. The predicted molar refractivity (Wildman–Crippen MR) is 75.6 cm³/mol. The first kappa shape index (κ1) is 15.1. The number of aromatic nitrogens is 3. The summed E-state index contributed by atoms with van der Waals surface area (Å²) in [6, 6.07) is 0. The van der Waals surface area contributed by atoms with E-state index in [0.29, 0.717) is 11.7 Å². The molecule has 2 heterocycles. The lowest BCUT2D eigenvalue weighted by atomic mass is 9.67. The molecule has 2 atom stereocenters. The van der Waals surface area contributed by atoms with Crippen LogP contribution in [0.4, 0.5) is 0 Å². The van der Waals surface area contributed by atoms with Crippen molar-refractivity contribution in [1.82, 2.24) is 25.8 Å². The maximum atomic E-state index is 12.5. The van der Waals surface area contributed by atoms with Crippen molar-refractivity contribution < 1.29 is 4.79 Å². The maximum Gasteiger partial charge on any atom is 0.340 e. The first-order chi connectivity index (χ1) is 9.21. The molecule has 7 nitrogen and oxygen atoms in total. The van der Waals surface area contributed by atoms with E-state index >= 15 is 0 Å². The Balaban J connectivity index is 0.00000147. The second-order valence-electron chi connectivity index (χ2n) is 5.54. The van der Waals surface area contributed by atoms with Gasteiger partial charge in [0.15, 0.2) is 0 Å². The van der Waals surface area contributed by atoms with Gasteiger partial charge in [-0.15, -0.1) is 12.4 Å². The Morgan fingerprint density at radius 2 is 2.30 bits per heavy atom. The van der Waals surface area contributed by atoms with Crippen molar-refractivity contribution in [3.63, 3.8) is 0 Å². The highest BCUT2D eigenvalue weighted by Crippen LogP contribution is 2.43. The van der Waals surface area contributed by atoms with Crippen LogP contribution in [0.2, 0.25) is 0 Å². The molecular weight excluding hydrogens is 282 g/mol. The Kier molecular flexibility index (Phi) is 4.49. The summed E-state index contributed by atoms with van der Waals surface area (Å²) in [4.78, 5) is 26.0. The number of nitrogens with one attached hydrogen (secondary N) is 4. The SMILES string of the molecule is Cl.O=C(NCc1n[nH]c(=O)[nH]1)[C@@]12CCCC[C@H]1CNC2. The van der Waals surface area contributed by atoms with Gasteiger partial charge in [-0.25, -0.2) is 9.89 Å². The molecule has 4 N–H and O–H groups in total. The van der Waals surface area contributed by atoms with Crippen LogP contribution < -0.4 is 16.3 Å². The molecule has 0 unspecified atom stereocenters. The lowest BCUT2D eigenvalue weighted by molar-refractivity contribution is -0.134. The summed E-state index contributed by atoms with van der Waals surface area (Å²) in [5.74, 6) is 0.999. The topological polar surface area (TPSA) is 103 Å². The molecule has 1 aliphatic carbocycles. The average Bonchev–Trinajstić information content (AvgIpc) is 3.02. The molecular formula is C12H20ClN5O2. The Morgan fingerprint density at radius 1 is 1.45 bits per heavy atom. The molecule has 1 aliphatic heterocycles. The van der Waals surface area contributed by atoms with Crippen molar-refractivity contribution in [3.8, 4) is 0 Å². The summed E-state index contributed by atoms with van der Waals surface area (Å²) in [6.07, 6.45) is 4.41. The molecule has 0 radical (unpaired) electrons. The number of carbonyl (C=O) groups excluding carboxylic acids is 1. The minimum atomic E-state index is -0.347. The third kappa shape index (κ3) is 2.60. The molecule has 2 aliphatic rings. The second kappa shape index (κ2) is 5.97. The molecule has 0 bridgehead atoms. The quantitative estimate of drug-likeness (QED) is 0.627. The number of H-pyrrole nitrogens is 2. The average molecular weight is 302 g/mol. The van der Waals surface area contributed by atoms with Gasteiger partial charge >= 0.3 is 5.69 Å². The van der Waals surface area contributed by atoms with E-state index in [2.05, 4.69) is 25.8 Å². The van der Waals surface area contributed by atoms with Crippen LogP contribution in [0.15, 0.2) is 4.79 Å². The standard InChI is InChI=1S/C12H19N5O2.ClH/c18-10(14-6-9-15-11(19)17-16-9)12-4-2-1-3-8(12)5-13-7-12;/h8,13H,1-7H2,(H,14,18)(H2,15,16,17,19);1H/t8-,12+;/m0./s1. The van der Waals surface area contributed by atoms with Crippen LogP contribution in [-0.4, -0.2) is 34.2 Å². The van der Waals surface area contributed by atoms with Crippen LogP contribution in [0.3, 0.4) is 0 Å². The van der Waals surface area contributed by atoms with E-state index in [1.54, 1.807) is 0 Å². The van der Waals surface area contributed by atoms with Crippen molar-refractivity contribution in [2.45, 2.75) is 32.2 Å². The zero-order valence-corrected chi connectivity index (χ0v) is 12.0. The lowest BCUT2D eigenvalue weighted by Gasteiger charge is -2.37. The highest BCUT2D eigenvalue weighted by atomic mass is 35.5. The summed E-state index contributed by atoms with van der Waals surface area (Å²) in [6.45, 7) is 1.97. The van der Waals surface area contributed by atoms with E-state index in [1.807, 2.05) is 0 Å². The molecule has 1 aromatic heterocycles. The van der Waals surface area contributed by atoms with Crippen LogP contribution in [0.5, 0.6) is 0 Å². The van der Waals surface area contributed by atoms with Gasteiger partial charge in [0.2, 0.25) is 5.91 Å². The number of hydrogen-bond acceptors (Lipinski definition) is 4. The van der Waals surface area contributed by atoms with Gasteiger partial charge in [0.25, 0.3) is 0 Å². The molecule has 112 valence electrons. The monoisotopic (exact) mass is 301 g/mol. The second-order valence-corrected chi connectivity index (χ2v) is 5.54. The van der Waals surface area contributed by atoms with Gasteiger partial charge < -0.3 is 10.6 Å². The van der Waals surface area contributed by atoms with Crippen molar-refractivity contribution in [3.05, 3.63) is 16.3 Å². The fraction of sp³-hybridized carbons (Fsp3) is 0.750. The van der Waals surface area contributed by atoms with Gasteiger partial charge in [-0.05, 0) is 25.3 Å². The fourth-order valence-corrected chi connectivity index (χ4v) is 3.42. The minimum Gasteiger partial charge on any atom is -0.348 e. The molecule has 1 saturated carbocycles. The van der Waals surface area contributed by atoms with E-state index in [-0.39, 0.29) is 36.0 Å². The summed E-state index contributed by atoms with van der Waals surface area (Å²) in [5, 5.41) is 12.3. The molecule has 3 rings (SSSR count). The summed E-state index contributed by atoms with van der Waals surface area (Å²) < 4.78 is 0. The molecule has 1 saturated heterocycles. The van der Waals surface area contributed by atoms with Crippen molar-refractivity contribution >= 4 is 18.3 Å². The summed E-state index contributed by atoms with van der Waals surface area (Å²) in [7, 11) is 0. The first-order valence-electron chi connectivity index (χ1n) is 6.83. The largest absolute Gasteiger partial charge is 0.348 e. The highest BCUT2D eigenvalue weighted by molar-refractivity contribution is 5.85. The molecule has 0 aromatic carbocycles. The normalized spacial score (nSPS) is 28.5. The van der Waals surface area contributed by atoms with Crippen molar-refractivity contribution in [2.75, 3.05) is 13.1 Å². The Bertz CT molecular complexity index is 528. The van der Waals surface area contributed by atoms with Gasteiger partial charge in [-0.3, -0.25) is 9.78 Å². The minimum absolute atomic E-state index is 0. The maximum absolute atomic E-state index is 12.5. The molecule has 1 amide bonds. The Labute approximate surface area is 122 Å². The van der Waals surface area contributed by atoms with Gasteiger partial charge in [0.05, 0.1) is 12.0 Å². The summed E-state index contributed by atoms with van der Waals surface area (Å²) >= 11 is 0. The van der Waals surface area contributed by atoms with Crippen LogP contribution in [0.1, 0.15) is 31.5 Å². The van der Waals surface area contributed by atoms with E-state index in [4.69, 9.17) is 0 Å². The highest BCUT2D eigenvalue weighted by Gasteiger charge is 2.49. The Hall–Kier alpha value is -1.34. The summed E-state index contributed by atoms with van der Waals surface area (Å²) in [5.41, 5.74) is -0.602. The van der Waals surface area contributed by atoms with Crippen LogP contribution in [-0.2, 0) is 11.3 Å². The molecule has 0 spiro atoms. The number of halogens is 1. The number of hydrogen-bond donors (Lipinski definition) is 4. The van der Waals surface area contributed by atoms with Gasteiger partial charge in [0, 0.05) is 6.54 Å². The fourth-order valence-electron chi connectivity index (χ4n) is 3.42. The molecule has 20 heavy (non-hydrogen) atoms. The van der Waals surface area contributed by atoms with E-state index in [0.717, 1.165) is 32.4 Å². The molecule has 8 heteroatoms. The van der Waals surface area contributed by atoms with Gasteiger partial charge in [-0.2, -0.15) is 5.10 Å². The zero-order valence-electron chi connectivity index (χ0n) is 11.2. The van der Waals surface area contributed by atoms with Crippen molar-refractivity contribution in [1.29, 1.82) is 0 Å². The van der Waals surface area contributed by atoms with E-state index < -0.39 is 0 Å². The number of fused-ring (bicyclic) bond motifs is 1. The molecule has 2 fully saturated rings.